The number of esters is 1. The van der Waals surface area contributed by atoms with Gasteiger partial charge in [-0.3, -0.25) is 4.79 Å². The molecule has 0 N–H and O–H groups in total. The van der Waals surface area contributed by atoms with E-state index in [0.29, 0.717) is 0 Å². The molecule has 1 amide bonds. The molecular weight excluding hydrogens is 349 g/mol. The van der Waals surface area contributed by atoms with Gasteiger partial charge in [-0.2, -0.15) is 18.3 Å². The van der Waals surface area contributed by atoms with Crippen molar-refractivity contribution in [2.24, 2.45) is 5.10 Å². The van der Waals surface area contributed by atoms with Crippen molar-refractivity contribution in [2.75, 3.05) is 13.7 Å². The second kappa shape index (κ2) is 8.14. The van der Waals surface area contributed by atoms with Gasteiger partial charge in [0.1, 0.15) is 5.71 Å². The van der Waals surface area contributed by atoms with Gasteiger partial charge >= 0.3 is 12.1 Å². The van der Waals surface area contributed by atoms with Crippen LogP contribution in [0.5, 0.6) is 0 Å². The van der Waals surface area contributed by atoms with Gasteiger partial charge in [-0.15, -0.1) is 0 Å². The summed E-state index contributed by atoms with van der Waals surface area (Å²) in [5.74, 6) is -1.42. The van der Waals surface area contributed by atoms with Crippen molar-refractivity contribution in [3.8, 4) is 0 Å². The van der Waals surface area contributed by atoms with Gasteiger partial charge in [0, 0.05) is 12.1 Å². The quantitative estimate of drug-likeness (QED) is 0.457. The Morgan fingerprint density at radius 1 is 1.33 bits per heavy atom. The number of alkyl halides is 3. The maximum atomic E-state index is 13.0. The summed E-state index contributed by atoms with van der Waals surface area (Å²) in [6, 6.07) is 3.17. The second-order valence-corrected chi connectivity index (χ2v) is 5.24. The Labute approximate surface area is 142 Å². The van der Waals surface area contributed by atoms with Crippen LogP contribution in [0, 0.1) is 0 Å². The van der Waals surface area contributed by atoms with E-state index >= 15 is 0 Å². The van der Waals surface area contributed by atoms with Gasteiger partial charge in [0.25, 0.3) is 0 Å². The number of hydrazone groups is 1. The normalized spacial score (nSPS) is 12.0. The number of carbonyl (C=O) groups is 2. The third-order valence-corrected chi connectivity index (χ3v) is 3.19. The van der Waals surface area contributed by atoms with Crippen LogP contribution in [-0.4, -0.2) is 36.3 Å². The molecule has 0 aromatic heterocycles. The molecule has 0 spiro atoms. The first-order valence-corrected chi connectivity index (χ1v) is 7.28. The molecule has 0 saturated heterocycles. The van der Waals surface area contributed by atoms with E-state index in [1.165, 1.54) is 20.0 Å². The lowest BCUT2D eigenvalue weighted by molar-refractivity contribution is -0.138. The Morgan fingerprint density at radius 3 is 2.50 bits per heavy atom. The van der Waals surface area contributed by atoms with Gasteiger partial charge in [0.2, 0.25) is 5.91 Å². The first kappa shape index (κ1) is 20.0. The molecule has 0 aliphatic heterocycles. The number of rotatable bonds is 5. The number of ether oxygens (including phenoxy) is 1. The Morgan fingerprint density at radius 2 is 1.96 bits per heavy atom. The van der Waals surface area contributed by atoms with Crippen molar-refractivity contribution in [3.05, 3.63) is 34.3 Å². The van der Waals surface area contributed by atoms with Crippen LogP contribution in [-0.2, 0) is 26.9 Å². The number of carbonyl (C=O) groups excluding carboxylic acids is 2. The van der Waals surface area contributed by atoms with Gasteiger partial charge in [-0.1, -0.05) is 17.7 Å². The summed E-state index contributed by atoms with van der Waals surface area (Å²) in [5, 5.41) is 4.45. The first-order valence-electron chi connectivity index (χ1n) is 6.90. The molecular formula is C15H16ClF3N2O3. The van der Waals surface area contributed by atoms with Crippen LogP contribution in [0.25, 0.3) is 0 Å². The number of hydrogen-bond acceptors (Lipinski definition) is 4. The molecule has 9 heteroatoms. The zero-order chi connectivity index (χ0) is 18.5. The standard InChI is InChI=1S/C15H16ClF3N2O3/c1-4-24-14(23)9(2)20-21(3)13(22)7-10-5-6-11(16)8-12(10)15(17,18)19/h5-6,8H,4,7H2,1-3H3/b20-9+. The summed E-state index contributed by atoms with van der Waals surface area (Å²) in [7, 11) is 1.24. The third-order valence-electron chi connectivity index (χ3n) is 2.95. The molecule has 5 nitrogen and oxygen atoms in total. The number of nitrogens with zero attached hydrogens (tertiary/aromatic N) is 2. The lowest BCUT2D eigenvalue weighted by Crippen LogP contribution is -2.27. The average Bonchev–Trinajstić information content (AvgIpc) is 2.48. The van der Waals surface area contributed by atoms with Crippen molar-refractivity contribution in [1.29, 1.82) is 0 Å². The van der Waals surface area contributed by atoms with E-state index in [2.05, 4.69) is 5.10 Å². The molecule has 0 unspecified atom stereocenters. The Hall–Kier alpha value is -2.09. The van der Waals surface area contributed by atoms with Crippen LogP contribution < -0.4 is 0 Å². The maximum Gasteiger partial charge on any atom is 0.416 e. The summed E-state index contributed by atoms with van der Waals surface area (Å²) in [6.07, 6.45) is -5.18. The van der Waals surface area contributed by atoms with E-state index in [-0.39, 0.29) is 22.9 Å². The monoisotopic (exact) mass is 364 g/mol. The molecule has 0 heterocycles. The second-order valence-electron chi connectivity index (χ2n) is 4.80. The predicted octanol–water partition coefficient (Wildman–Crippen LogP) is 3.30. The molecule has 0 saturated carbocycles. The fourth-order valence-corrected chi connectivity index (χ4v) is 1.97. The van der Waals surface area contributed by atoms with Gasteiger partial charge in [0.15, 0.2) is 0 Å². The number of amides is 1. The highest BCUT2D eigenvalue weighted by atomic mass is 35.5. The van der Waals surface area contributed by atoms with E-state index < -0.39 is 30.0 Å². The van der Waals surface area contributed by atoms with Crippen molar-refractivity contribution in [2.45, 2.75) is 26.4 Å². The number of likely N-dealkylation sites (N-methyl/N-ethyl adjacent to an activating group) is 1. The molecule has 24 heavy (non-hydrogen) atoms. The molecule has 0 fully saturated rings. The van der Waals surface area contributed by atoms with E-state index in [1.54, 1.807) is 6.92 Å². The smallest absolute Gasteiger partial charge is 0.416 e. The zero-order valence-electron chi connectivity index (χ0n) is 13.3. The van der Waals surface area contributed by atoms with Crippen LogP contribution in [0.4, 0.5) is 13.2 Å². The highest BCUT2D eigenvalue weighted by Gasteiger charge is 2.34. The van der Waals surface area contributed by atoms with Crippen LogP contribution >= 0.6 is 11.6 Å². The Bertz CT molecular complexity index is 660. The molecule has 0 bridgehead atoms. The zero-order valence-corrected chi connectivity index (χ0v) is 14.0. The number of halogens is 4. The molecule has 132 valence electrons. The molecule has 0 aliphatic carbocycles. The Kier molecular flexibility index (Phi) is 6.77. The highest BCUT2D eigenvalue weighted by Crippen LogP contribution is 2.34. The van der Waals surface area contributed by atoms with Gasteiger partial charge in [-0.25, -0.2) is 9.80 Å². The Balaban J connectivity index is 2.96. The minimum atomic E-state index is -4.64. The van der Waals surface area contributed by atoms with Crippen molar-refractivity contribution in [3.63, 3.8) is 0 Å². The lowest BCUT2D eigenvalue weighted by Gasteiger charge is -2.16. The van der Waals surface area contributed by atoms with Crippen LogP contribution in [0.1, 0.15) is 25.0 Å². The van der Waals surface area contributed by atoms with Crippen molar-refractivity contribution >= 4 is 29.2 Å². The van der Waals surface area contributed by atoms with Gasteiger partial charge < -0.3 is 4.74 Å². The van der Waals surface area contributed by atoms with Crippen LogP contribution in [0.15, 0.2) is 23.3 Å². The lowest BCUT2D eigenvalue weighted by atomic mass is 10.0. The molecule has 1 aromatic carbocycles. The molecule has 0 atom stereocenters. The van der Waals surface area contributed by atoms with Crippen LogP contribution in [0.3, 0.4) is 0 Å². The van der Waals surface area contributed by atoms with Gasteiger partial charge in [0.05, 0.1) is 18.6 Å². The topological polar surface area (TPSA) is 59.0 Å². The van der Waals surface area contributed by atoms with Crippen LogP contribution in [0.2, 0.25) is 5.02 Å². The van der Waals surface area contributed by atoms with E-state index in [9.17, 15) is 22.8 Å². The SMILES string of the molecule is CCOC(=O)/C(C)=N/N(C)C(=O)Cc1ccc(Cl)cc1C(F)(F)F. The molecule has 0 aliphatic rings. The predicted molar refractivity (Wildman–Crippen MR) is 82.7 cm³/mol. The number of benzene rings is 1. The van der Waals surface area contributed by atoms with Crippen molar-refractivity contribution in [1.82, 2.24) is 5.01 Å². The summed E-state index contributed by atoms with van der Waals surface area (Å²) in [6.45, 7) is 3.09. The van der Waals surface area contributed by atoms with E-state index in [0.717, 1.165) is 17.1 Å². The molecule has 1 rings (SSSR count). The van der Waals surface area contributed by atoms with E-state index in [4.69, 9.17) is 16.3 Å². The van der Waals surface area contributed by atoms with Crippen molar-refractivity contribution < 1.29 is 27.5 Å². The third kappa shape index (κ3) is 5.52. The maximum absolute atomic E-state index is 13.0. The fraction of sp³-hybridized carbons (Fsp3) is 0.400. The van der Waals surface area contributed by atoms with E-state index in [1.807, 2.05) is 0 Å². The summed E-state index contributed by atoms with van der Waals surface area (Å²) in [4.78, 5) is 23.5. The minimum absolute atomic E-state index is 0.0805. The average molecular weight is 365 g/mol. The fourth-order valence-electron chi connectivity index (χ4n) is 1.80. The summed E-state index contributed by atoms with van der Waals surface area (Å²) in [5.41, 5.74) is -1.30. The number of hydrogen-bond donors (Lipinski definition) is 0. The summed E-state index contributed by atoms with van der Waals surface area (Å²) < 4.78 is 43.7. The van der Waals surface area contributed by atoms with Gasteiger partial charge in [-0.05, 0) is 31.5 Å². The molecule has 1 aromatic rings. The largest absolute Gasteiger partial charge is 0.461 e. The first-order chi connectivity index (χ1) is 11.1. The minimum Gasteiger partial charge on any atom is -0.461 e. The highest BCUT2D eigenvalue weighted by molar-refractivity contribution is 6.35. The summed E-state index contributed by atoms with van der Waals surface area (Å²) >= 11 is 5.59. The molecule has 0 radical (unpaired) electrons.